The predicted octanol–water partition coefficient (Wildman–Crippen LogP) is 3.17. The number of fused-ring (bicyclic) bond motifs is 5. The van der Waals surface area contributed by atoms with Crippen LogP contribution in [-0.2, 0) is 0 Å². The molecule has 1 aromatic heterocycles. The molecular formula is C16H18ClN3. The fraction of sp³-hybridized carbons (Fsp3) is 0.438. The van der Waals surface area contributed by atoms with Crippen molar-refractivity contribution in [1.82, 2.24) is 9.88 Å². The number of rotatable bonds is 1. The Kier molecular flexibility index (Phi) is 3.04. The summed E-state index contributed by atoms with van der Waals surface area (Å²) < 4.78 is 0. The fourth-order valence-corrected chi connectivity index (χ4v) is 3.61. The van der Waals surface area contributed by atoms with E-state index in [4.69, 9.17) is 16.6 Å². The van der Waals surface area contributed by atoms with Crippen molar-refractivity contribution < 1.29 is 0 Å². The Morgan fingerprint density at radius 3 is 2.70 bits per heavy atom. The van der Waals surface area contributed by atoms with Gasteiger partial charge in [0.15, 0.2) is 0 Å². The van der Waals surface area contributed by atoms with E-state index in [2.05, 4.69) is 21.9 Å². The molecule has 2 bridgehead atoms. The Morgan fingerprint density at radius 1 is 1.00 bits per heavy atom. The van der Waals surface area contributed by atoms with Crippen LogP contribution < -0.4 is 4.90 Å². The number of nitrogens with zero attached hydrogens (tertiary/aromatic N) is 3. The first-order chi connectivity index (χ1) is 9.79. The molecule has 2 aromatic rings. The van der Waals surface area contributed by atoms with E-state index in [1.54, 1.807) is 0 Å². The summed E-state index contributed by atoms with van der Waals surface area (Å²) in [4.78, 5) is 9.91. The minimum atomic E-state index is 0.658. The lowest BCUT2D eigenvalue weighted by atomic mass is 10.1. The average molecular weight is 288 g/mol. The summed E-state index contributed by atoms with van der Waals surface area (Å²) >= 11 is 6.04. The molecule has 1 aromatic carbocycles. The zero-order valence-electron chi connectivity index (χ0n) is 11.4. The molecule has 0 atom stereocenters. The smallest absolute Gasteiger partial charge is 0.129 e. The van der Waals surface area contributed by atoms with Crippen molar-refractivity contribution in [2.75, 3.05) is 31.1 Å². The van der Waals surface area contributed by atoms with Gasteiger partial charge in [-0.05, 0) is 43.2 Å². The molecule has 0 radical (unpaired) electrons. The Balaban J connectivity index is 1.72. The number of halogens is 1. The Bertz CT molecular complexity index is 635. The first kappa shape index (κ1) is 12.4. The highest BCUT2D eigenvalue weighted by atomic mass is 35.5. The largest absolute Gasteiger partial charge is 0.352 e. The standard InChI is InChI=1S/C16H18ClN3/c17-13-2-3-15-12(11-13)1-4-16(18-15)20-10-9-19-7-5-14(20)6-8-19/h1-4,11,14H,5-10H2. The van der Waals surface area contributed by atoms with Crippen LogP contribution in [0, 0.1) is 0 Å². The van der Waals surface area contributed by atoms with E-state index in [0.29, 0.717) is 6.04 Å². The van der Waals surface area contributed by atoms with Crippen molar-refractivity contribution >= 4 is 28.3 Å². The van der Waals surface area contributed by atoms with Crippen LogP contribution in [0.2, 0.25) is 5.02 Å². The van der Waals surface area contributed by atoms with E-state index in [1.165, 1.54) is 25.9 Å². The molecule has 0 aliphatic carbocycles. The third-order valence-corrected chi connectivity index (χ3v) is 4.82. The third kappa shape index (κ3) is 2.15. The summed E-state index contributed by atoms with van der Waals surface area (Å²) in [5, 5.41) is 1.89. The summed E-state index contributed by atoms with van der Waals surface area (Å²) in [5.74, 6) is 1.12. The lowest BCUT2D eigenvalue weighted by molar-refractivity contribution is 0.250. The van der Waals surface area contributed by atoms with Gasteiger partial charge in [-0.2, -0.15) is 0 Å². The van der Waals surface area contributed by atoms with E-state index in [-0.39, 0.29) is 0 Å². The van der Waals surface area contributed by atoms with E-state index < -0.39 is 0 Å². The molecule has 3 fully saturated rings. The molecule has 104 valence electrons. The van der Waals surface area contributed by atoms with Crippen molar-refractivity contribution in [2.24, 2.45) is 0 Å². The predicted molar refractivity (Wildman–Crippen MR) is 83.6 cm³/mol. The molecule has 5 rings (SSSR count). The molecule has 20 heavy (non-hydrogen) atoms. The van der Waals surface area contributed by atoms with E-state index in [0.717, 1.165) is 34.8 Å². The summed E-state index contributed by atoms with van der Waals surface area (Å²) in [5.41, 5.74) is 1.03. The van der Waals surface area contributed by atoms with Crippen LogP contribution in [-0.4, -0.2) is 42.1 Å². The first-order valence-electron chi connectivity index (χ1n) is 7.35. The highest BCUT2D eigenvalue weighted by molar-refractivity contribution is 6.31. The van der Waals surface area contributed by atoms with Crippen molar-refractivity contribution in [1.29, 1.82) is 0 Å². The van der Waals surface area contributed by atoms with Gasteiger partial charge in [0.05, 0.1) is 5.52 Å². The number of aromatic nitrogens is 1. The molecule has 3 saturated heterocycles. The fourth-order valence-electron chi connectivity index (χ4n) is 3.43. The number of hydrogen-bond acceptors (Lipinski definition) is 3. The zero-order valence-corrected chi connectivity index (χ0v) is 12.2. The normalized spacial score (nSPS) is 25.9. The monoisotopic (exact) mass is 287 g/mol. The molecule has 0 amide bonds. The molecule has 0 unspecified atom stereocenters. The summed E-state index contributed by atoms with van der Waals surface area (Å²) in [7, 11) is 0. The summed E-state index contributed by atoms with van der Waals surface area (Å²) in [6, 6.07) is 10.9. The van der Waals surface area contributed by atoms with Crippen molar-refractivity contribution in [3.8, 4) is 0 Å². The first-order valence-corrected chi connectivity index (χ1v) is 7.73. The average Bonchev–Trinajstić information content (AvgIpc) is 2.80. The maximum atomic E-state index is 6.04. The molecule has 0 N–H and O–H groups in total. The van der Waals surface area contributed by atoms with Crippen LogP contribution in [0.15, 0.2) is 30.3 Å². The van der Waals surface area contributed by atoms with Crippen LogP contribution in [0.25, 0.3) is 10.9 Å². The number of piperidine rings is 1. The number of anilines is 1. The second-order valence-electron chi connectivity index (χ2n) is 5.77. The molecule has 4 heteroatoms. The number of hydrogen-bond donors (Lipinski definition) is 0. The highest BCUT2D eigenvalue weighted by Gasteiger charge is 2.29. The third-order valence-electron chi connectivity index (χ3n) is 4.59. The summed E-state index contributed by atoms with van der Waals surface area (Å²) in [6.07, 6.45) is 2.53. The maximum Gasteiger partial charge on any atom is 0.129 e. The van der Waals surface area contributed by atoms with Gasteiger partial charge in [-0.1, -0.05) is 11.6 Å². The van der Waals surface area contributed by atoms with E-state index in [1.807, 2.05) is 18.2 Å². The van der Waals surface area contributed by atoms with Gasteiger partial charge in [0, 0.05) is 42.6 Å². The Hall–Kier alpha value is -1.32. The Labute approximate surface area is 124 Å². The van der Waals surface area contributed by atoms with Crippen LogP contribution in [0.4, 0.5) is 5.82 Å². The Morgan fingerprint density at radius 2 is 1.85 bits per heavy atom. The van der Waals surface area contributed by atoms with Crippen molar-refractivity contribution in [3.05, 3.63) is 35.4 Å². The number of benzene rings is 1. The minimum absolute atomic E-state index is 0.658. The minimum Gasteiger partial charge on any atom is -0.352 e. The zero-order chi connectivity index (χ0) is 13.5. The van der Waals surface area contributed by atoms with Gasteiger partial charge in [-0.15, -0.1) is 0 Å². The molecule has 3 aliphatic heterocycles. The highest BCUT2D eigenvalue weighted by Crippen LogP contribution is 2.27. The van der Waals surface area contributed by atoms with Crippen LogP contribution in [0.5, 0.6) is 0 Å². The molecule has 4 heterocycles. The molecule has 0 spiro atoms. The summed E-state index contributed by atoms with van der Waals surface area (Å²) in [6.45, 7) is 4.74. The molecule has 3 aliphatic rings. The van der Waals surface area contributed by atoms with Crippen LogP contribution >= 0.6 is 11.6 Å². The molecule has 3 nitrogen and oxygen atoms in total. The van der Waals surface area contributed by atoms with Gasteiger partial charge >= 0.3 is 0 Å². The lowest BCUT2D eigenvalue weighted by Gasteiger charge is -2.32. The second-order valence-corrected chi connectivity index (χ2v) is 6.21. The second kappa shape index (κ2) is 4.90. The van der Waals surface area contributed by atoms with Crippen LogP contribution in [0.3, 0.4) is 0 Å². The van der Waals surface area contributed by atoms with Crippen molar-refractivity contribution in [2.45, 2.75) is 18.9 Å². The van der Waals surface area contributed by atoms with E-state index >= 15 is 0 Å². The number of pyridine rings is 1. The van der Waals surface area contributed by atoms with E-state index in [9.17, 15) is 0 Å². The van der Waals surface area contributed by atoms with Gasteiger partial charge in [-0.25, -0.2) is 4.98 Å². The quantitative estimate of drug-likeness (QED) is 0.803. The topological polar surface area (TPSA) is 19.4 Å². The molecular weight excluding hydrogens is 270 g/mol. The van der Waals surface area contributed by atoms with Gasteiger partial charge < -0.3 is 9.80 Å². The van der Waals surface area contributed by atoms with Gasteiger partial charge in [0.25, 0.3) is 0 Å². The lowest BCUT2D eigenvalue weighted by Crippen LogP contribution is -2.38. The maximum absolute atomic E-state index is 6.04. The van der Waals surface area contributed by atoms with Gasteiger partial charge in [0.2, 0.25) is 0 Å². The SMILES string of the molecule is Clc1ccc2nc(N3CCN4CCC3CC4)ccc2c1. The van der Waals surface area contributed by atoms with Gasteiger partial charge in [0.1, 0.15) is 5.82 Å². The van der Waals surface area contributed by atoms with Gasteiger partial charge in [-0.3, -0.25) is 0 Å². The van der Waals surface area contributed by atoms with Crippen LogP contribution in [0.1, 0.15) is 12.8 Å². The van der Waals surface area contributed by atoms with Crippen molar-refractivity contribution in [3.63, 3.8) is 0 Å². The molecule has 0 saturated carbocycles.